The van der Waals surface area contributed by atoms with Gasteiger partial charge < -0.3 is 10.0 Å². The number of rotatable bonds is 7. The highest BCUT2D eigenvalue weighted by atomic mass is 32.2. The van der Waals surface area contributed by atoms with Gasteiger partial charge in [-0.1, -0.05) is 54.6 Å². The van der Waals surface area contributed by atoms with Gasteiger partial charge >= 0.3 is 0 Å². The Labute approximate surface area is 183 Å². The summed E-state index contributed by atoms with van der Waals surface area (Å²) in [6, 6.07) is 24.8. The number of phenolic OH excluding ortho intramolecular Hbond substituents is 1. The second-order valence-corrected chi connectivity index (χ2v) is 8.16. The van der Waals surface area contributed by atoms with Crippen molar-refractivity contribution >= 4 is 22.5 Å². The van der Waals surface area contributed by atoms with E-state index in [1.165, 1.54) is 12.3 Å². The Kier molecular flexibility index (Phi) is 6.24. The van der Waals surface area contributed by atoms with Crippen molar-refractivity contribution in [3.05, 3.63) is 96.8 Å². The molecule has 31 heavy (non-hydrogen) atoms. The van der Waals surface area contributed by atoms with E-state index in [9.17, 15) is 9.32 Å². The predicted octanol–water partition coefficient (Wildman–Crippen LogP) is 4.62. The van der Waals surface area contributed by atoms with Gasteiger partial charge in [-0.2, -0.15) is 0 Å². The van der Waals surface area contributed by atoms with Gasteiger partial charge in [0.2, 0.25) is 0 Å². The summed E-state index contributed by atoms with van der Waals surface area (Å²) in [7, 11) is 0.385. The number of para-hydroxylation sites is 2. The van der Waals surface area contributed by atoms with Gasteiger partial charge in [0, 0.05) is 37.2 Å². The lowest BCUT2D eigenvalue weighted by Gasteiger charge is -2.19. The third-order valence-corrected chi connectivity index (χ3v) is 5.92. The maximum absolute atomic E-state index is 12.7. The van der Waals surface area contributed by atoms with Gasteiger partial charge in [0.15, 0.2) is 16.8 Å². The zero-order valence-electron chi connectivity index (χ0n) is 17.0. The van der Waals surface area contributed by atoms with Crippen molar-refractivity contribution in [1.29, 1.82) is 0 Å². The lowest BCUT2D eigenvalue weighted by molar-refractivity contribution is 0.461. The topological polar surface area (TPSA) is 78.4 Å². The lowest BCUT2D eigenvalue weighted by Crippen LogP contribution is -2.16. The molecule has 0 bridgehead atoms. The molecule has 7 heteroatoms. The smallest absolute Gasteiger partial charge is 0.164 e. The van der Waals surface area contributed by atoms with E-state index < -0.39 is 11.0 Å². The van der Waals surface area contributed by atoms with Crippen LogP contribution in [0.4, 0.5) is 11.5 Å². The molecule has 0 fully saturated rings. The molecular weight excluding hydrogens is 408 g/mol. The highest BCUT2D eigenvalue weighted by Gasteiger charge is 2.14. The second kappa shape index (κ2) is 9.40. The highest BCUT2D eigenvalue weighted by molar-refractivity contribution is 7.86. The van der Waals surface area contributed by atoms with Gasteiger partial charge in [-0.3, -0.25) is 9.71 Å². The number of hydrogen-bond acceptors (Lipinski definition) is 5. The molecule has 1 atom stereocenters. The molecule has 1 heterocycles. The van der Waals surface area contributed by atoms with Crippen LogP contribution in [0.15, 0.2) is 96.2 Å². The summed E-state index contributed by atoms with van der Waals surface area (Å²) < 4.78 is 15.6. The number of hydrogen-bond donors (Lipinski definition) is 2. The molecule has 0 aliphatic carbocycles. The van der Waals surface area contributed by atoms with Crippen LogP contribution in [-0.2, 0) is 17.5 Å². The van der Waals surface area contributed by atoms with Crippen molar-refractivity contribution in [3.63, 3.8) is 0 Å². The average Bonchev–Trinajstić information content (AvgIpc) is 2.81. The zero-order valence-corrected chi connectivity index (χ0v) is 17.8. The van der Waals surface area contributed by atoms with E-state index in [-0.39, 0.29) is 5.75 Å². The molecule has 1 aromatic heterocycles. The van der Waals surface area contributed by atoms with Gasteiger partial charge in [0.25, 0.3) is 0 Å². The largest absolute Gasteiger partial charge is 0.507 e. The molecule has 4 aromatic rings. The number of phenols is 1. The van der Waals surface area contributed by atoms with Crippen molar-refractivity contribution in [2.45, 2.75) is 11.4 Å². The van der Waals surface area contributed by atoms with Crippen LogP contribution in [0, 0.1) is 0 Å². The zero-order chi connectivity index (χ0) is 21.6. The number of benzene rings is 3. The van der Waals surface area contributed by atoms with Crippen molar-refractivity contribution in [2.75, 3.05) is 16.7 Å². The van der Waals surface area contributed by atoms with Crippen molar-refractivity contribution in [3.8, 4) is 17.0 Å². The van der Waals surface area contributed by atoms with E-state index in [1.807, 2.05) is 42.5 Å². The Morgan fingerprint density at radius 1 is 0.903 bits per heavy atom. The third-order valence-electron chi connectivity index (χ3n) is 4.80. The van der Waals surface area contributed by atoms with Crippen LogP contribution in [0.25, 0.3) is 11.3 Å². The SMILES string of the molecule is CN(Cc1ccc(-c2nccnc2NS(=O)c2ccccc2O)cc1)c1ccccc1. The lowest BCUT2D eigenvalue weighted by atomic mass is 10.1. The summed E-state index contributed by atoms with van der Waals surface area (Å²) in [6.45, 7) is 0.771. The first-order chi connectivity index (χ1) is 15.1. The van der Waals surface area contributed by atoms with Crippen LogP contribution in [0.3, 0.4) is 0 Å². The first-order valence-corrected chi connectivity index (χ1v) is 10.9. The Hall–Kier alpha value is -3.71. The molecular formula is C24H22N4O2S. The molecule has 0 spiro atoms. The van der Waals surface area contributed by atoms with Gasteiger partial charge in [-0.15, -0.1) is 0 Å². The minimum atomic E-state index is -1.67. The molecule has 0 amide bonds. The number of nitrogens with one attached hydrogen (secondary N) is 1. The minimum Gasteiger partial charge on any atom is -0.507 e. The molecule has 0 aliphatic heterocycles. The molecule has 1 unspecified atom stereocenters. The van der Waals surface area contributed by atoms with Crippen molar-refractivity contribution in [2.24, 2.45) is 0 Å². The molecule has 0 saturated heterocycles. The normalized spacial score (nSPS) is 11.6. The summed E-state index contributed by atoms with van der Waals surface area (Å²) in [5.74, 6) is 0.351. The van der Waals surface area contributed by atoms with Crippen LogP contribution < -0.4 is 9.62 Å². The summed E-state index contributed by atoms with van der Waals surface area (Å²) in [4.78, 5) is 11.2. The molecule has 6 nitrogen and oxygen atoms in total. The summed E-state index contributed by atoms with van der Waals surface area (Å²) in [5, 5.41) is 9.96. The van der Waals surface area contributed by atoms with Crippen LogP contribution in [0.5, 0.6) is 5.75 Å². The molecule has 2 N–H and O–H groups in total. The van der Waals surface area contributed by atoms with Crippen molar-refractivity contribution < 1.29 is 9.32 Å². The highest BCUT2D eigenvalue weighted by Crippen LogP contribution is 2.27. The number of aromatic hydroxyl groups is 1. The predicted molar refractivity (Wildman–Crippen MR) is 124 cm³/mol. The molecule has 0 aliphatic rings. The van der Waals surface area contributed by atoms with Crippen LogP contribution >= 0.6 is 0 Å². The summed E-state index contributed by atoms with van der Waals surface area (Å²) in [6.07, 6.45) is 3.14. The Balaban J connectivity index is 1.52. The first kappa shape index (κ1) is 20.6. The van der Waals surface area contributed by atoms with Gasteiger partial charge in [0.05, 0.1) is 0 Å². The standard InChI is InChI=1S/C24H22N4O2S/c1-28(20-7-3-2-4-8-20)17-18-11-13-19(14-12-18)23-24(26-16-15-25-23)27-31(30)22-10-6-5-9-21(22)29/h2-16,29H,17H2,1H3,(H,26,27). The molecule has 0 saturated carbocycles. The maximum atomic E-state index is 12.7. The average molecular weight is 431 g/mol. The van der Waals surface area contributed by atoms with Gasteiger partial charge in [-0.25, -0.2) is 9.19 Å². The van der Waals surface area contributed by atoms with E-state index in [2.05, 4.69) is 38.8 Å². The third kappa shape index (κ3) is 4.90. The summed E-state index contributed by atoms with van der Waals surface area (Å²) >= 11 is 0. The fourth-order valence-corrected chi connectivity index (χ4v) is 4.09. The van der Waals surface area contributed by atoms with Crippen LogP contribution in [0.1, 0.15) is 5.56 Å². The first-order valence-electron chi connectivity index (χ1n) is 9.75. The van der Waals surface area contributed by atoms with Gasteiger partial charge in [-0.05, 0) is 29.8 Å². The minimum absolute atomic E-state index is 0.0364. The Morgan fingerprint density at radius 2 is 1.58 bits per heavy atom. The monoisotopic (exact) mass is 430 g/mol. The number of anilines is 2. The van der Waals surface area contributed by atoms with Crippen molar-refractivity contribution in [1.82, 2.24) is 9.97 Å². The van der Waals surface area contributed by atoms with Crippen LogP contribution in [0.2, 0.25) is 0 Å². The van der Waals surface area contributed by atoms with E-state index >= 15 is 0 Å². The summed E-state index contributed by atoms with van der Waals surface area (Å²) in [5.41, 5.74) is 3.76. The second-order valence-electron chi connectivity index (χ2n) is 6.98. The van der Waals surface area contributed by atoms with Crippen LogP contribution in [-0.4, -0.2) is 26.3 Å². The molecule has 3 aromatic carbocycles. The van der Waals surface area contributed by atoms with E-state index in [1.54, 1.807) is 24.4 Å². The number of nitrogens with zero attached hydrogens (tertiary/aromatic N) is 3. The molecule has 156 valence electrons. The maximum Gasteiger partial charge on any atom is 0.164 e. The Bertz CT molecular complexity index is 1180. The fourth-order valence-electron chi connectivity index (χ4n) is 3.20. The molecule has 4 rings (SSSR count). The Morgan fingerprint density at radius 3 is 2.32 bits per heavy atom. The quantitative estimate of drug-likeness (QED) is 0.447. The van der Waals surface area contributed by atoms with E-state index in [0.29, 0.717) is 16.4 Å². The number of aromatic nitrogens is 2. The van der Waals surface area contributed by atoms with E-state index in [4.69, 9.17) is 0 Å². The van der Waals surface area contributed by atoms with Gasteiger partial charge in [0.1, 0.15) is 16.3 Å². The van der Waals surface area contributed by atoms with E-state index in [0.717, 1.165) is 23.4 Å². The molecule has 0 radical (unpaired) electrons. The fraction of sp³-hybridized carbons (Fsp3) is 0.0833.